The highest BCUT2D eigenvalue weighted by Gasteiger charge is 2.25. The zero-order chi connectivity index (χ0) is 21.9. The summed E-state index contributed by atoms with van der Waals surface area (Å²) in [5, 5.41) is 2.81. The molecule has 1 aliphatic rings. The summed E-state index contributed by atoms with van der Waals surface area (Å²) in [4.78, 5) is 12.7. The van der Waals surface area contributed by atoms with Crippen molar-refractivity contribution >= 4 is 21.6 Å². The van der Waals surface area contributed by atoms with E-state index in [1.807, 2.05) is 0 Å². The van der Waals surface area contributed by atoms with Crippen molar-refractivity contribution in [2.75, 3.05) is 38.1 Å². The first kappa shape index (κ1) is 21.6. The molecule has 0 unspecified atom stereocenters. The van der Waals surface area contributed by atoms with Crippen molar-refractivity contribution in [2.45, 2.75) is 13.0 Å². The van der Waals surface area contributed by atoms with E-state index >= 15 is 0 Å². The molecule has 2 aromatic rings. The van der Waals surface area contributed by atoms with Crippen LogP contribution in [0.2, 0.25) is 0 Å². The van der Waals surface area contributed by atoms with Crippen LogP contribution in [0.1, 0.15) is 18.5 Å². The van der Waals surface area contributed by atoms with E-state index in [1.54, 1.807) is 44.4 Å². The molecule has 1 aliphatic heterocycles. The van der Waals surface area contributed by atoms with Crippen LogP contribution in [0.4, 0.5) is 5.69 Å². The van der Waals surface area contributed by atoms with Crippen LogP contribution in [0.15, 0.2) is 36.4 Å². The normalized spacial score (nSPS) is 13.5. The van der Waals surface area contributed by atoms with Gasteiger partial charge in [0.2, 0.25) is 22.7 Å². The van der Waals surface area contributed by atoms with Gasteiger partial charge in [0.1, 0.15) is 18.0 Å². The van der Waals surface area contributed by atoms with Gasteiger partial charge in [-0.2, -0.15) is 0 Å². The molecule has 1 amide bonds. The summed E-state index contributed by atoms with van der Waals surface area (Å²) < 4.78 is 46.9. The van der Waals surface area contributed by atoms with Crippen LogP contribution in [0.3, 0.4) is 0 Å². The zero-order valence-electron chi connectivity index (χ0n) is 17.2. The summed E-state index contributed by atoms with van der Waals surface area (Å²) in [7, 11) is -0.644. The molecule has 9 nitrogen and oxygen atoms in total. The van der Waals surface area contributed by atoms with Gasteiger partial charge in [-0.25, -0.2) is 8.42 Å². The number of nitrogens with one attached hydrogen (secondary N) is 1. The Hall–Kier alpha value is -3.14. The van der Waals surface area contributed by atoms with Crippen LogP contribution in [0.5, 0.6) is 23.0 Å². The second-order valence-corrected chi connectivity index (χ2v) is 8.61. The third kappa shape index (κ3) is 4.70. The molecule has 0 fully saturated rings. The lowest BCUT2D eigenvalue weighted by atomic mass is 10.1. The Morgan fingerprint density at radius 1 is 1.13 bits per heavy atom. The van der Waals surface area contributed by atoms with Crippen LogP contribution in [-0.2, 0) is 14.8 Å². The van der Waals surface area contributed by atoms with E-state index in [4.69, 9.17) is 18.9 Å². The molecule has 1 atom stereocenters. The highest BCUT2D eigenvalue weighted by molar-refractivity contribution is 7.92. The molecule has 0 saturated heterocycles. The maximum Gasteiger partial charge on any atom is 0.241 e. The van der Waals surface area contributed by atoms with Crippen molar-refractivity contribution in [1.29, 1.82) is 0 Å². The van der Waals surface area contributed by atoms with Gasteiger partial charge in [-0.15, -0.1) is 0 Å². The molecule has 0 bridgehead atoms. The monoisotopic (exact) mass is 436 g/mol. The minimum Gasteiger partial charge on any atom is -0.497 e. The van der Waals surface area contributed by atoms with Crippen LogP contribution in [-0.4, -0.2) is 48.1 Å². The maximum atomic E-state index is 12.7. The Kier molecular flexibility index (Phi) is 6.25. The van der Waals surface area contributed by atoms with Crippen LogP contribution >= 0.6 is 0 Å². The Balaban J connectivity index is 1.79. The molecular formula is C20H24N2O7S. The maximum absolute atomic E-state index is 12.7. The average molecular weight is 436 g/mol. The van der Waals surface area contributed by atoms with Crippen molar-refractivity contribution < 1.29 is 32.2 Å². The molecule has 3 rings (SSSR count). The number of fused-ring (bicyclic) bond motifs is 1. The van der Waals surface area contributed by atoms with Gasteiger partial charge in [0.05, 0.1) is 32.2 Å². The number of anilines is 1. The first-order valence-corrected chi connectivity index (χ1v) is 11.0. The number of amides is 1. The van der Waals surface area contributed by atoms with E-state index in [0.29, 0.717) is 34.2 Å². The molecule has 162 valence electrons. The number of carbonyl (C=O) groups excluding carboxylic acids is 1. The van der Waals surface area contributed by atoms with Gasteiger partial charge in [0.25, 0.3) is 0 Å². The number of sulfonamides is 1. The SMILES string of the molecule is COc1ccc(OC)c([C@H](C)NC(=O)CN(c2ccc3c(c2)OCO3)S(C)(=O)=O)c1. The van der Waals surface area contributed by atoms with E-state index in [0.717, 1.165) is 10.6 Å². The second kappa shape index (κ2) is 8.70. The third-order valence-electron chi connectivity index (χ3n) is 4.61. The summed E-state index contributed by atoms with van der Waals surface area (Å²) in [5.74, 6) is 1.67. The molecule has 0 spiro atoms. The fourth-order valence-electron chi connectivity index (χ4n) is 3.11. The summed E-state index contributed by atoms with van der Waals surface area (Å²) in [6.45, 7) is 1.45. The van der Waals surface area contributed by atoms with Crippen molar-refractivity contribution in [2.24, 2.45) is 0 Å². The van der Waals surface area contributed by atoms with Crippen molar-refractivity contribution in [3.8, 4) is 23.0 Å². The topological polar surface area (TPSA) is 103 Å². The summed E-state index contributed by atoms with van der Waals surface area (Å²) in [5.41, 5.74) is 1.02. The van der Waals surface area contributed by atoms with E-state index in [2.05, 4.69) is 5.32 Å². The molecule has 30 heavy (non-hydrogen) atoms. The van der Waals surface area contributed by atoms with Crippen molar-refractivity contribution in [3.63, 3.8) is 0 Å². The second-order valence-electron chi connectivity index (χ2n) is 6.70. The zero-order valence-corrected chi connectivity index (χ0v) is 18.0. The quantitative estimate of drug-likeness (QED) is 0.676. The Morgan fingerprint density at radius 3 is 2.53 bits per heavy atom. The van der Waals surface area contributed by atoms with Gasteiger partial charge in [0.15, 0.2) is 11.5 Å². The fraction of sp³-hybridized carbons (Fsp3) is 0.350. The summed E-state index contributed by atoms with van der Waals surface area (Å²) in [6, 6.07) is 9.52. The van der Waals surface area contributed by atoms with Gasteiger partial charge >= 0.3 is 0 Å². The standard InChI is InChI=1S/C20H24N2O7S/c1-13(16-10-15(26-2)6-8-17(16)27-3)21-20(23)11-22(30(4,24)25)14-5-7-18-19(9-14)29-12-28-18/h5-10,13H,11-12H2,1-4H3,(H,21,23)/t13-/m0/s1. The Bertz CT molecular complexity index is 1040. The van der Waals surface area contributed by atoms with Crippen LogP contribution < -0.4 is 28.6 Å². The Labute approximate surface area is 175 Å². The van der Waals surface area contributed by atoms with E-state index in [-0.39, 0.29) is 6.79 Å². The minimum absolute atomic E-state index is 0.0675. The van der Waals surface area contributed by atoms with Gasteiger partial charge < -0.3 is 24.3 Å². The molecule has 0 radical (unpaired) electrons. The molecule has 0 aliphatic carbocycles. The third-order valence-corrected chi connectivity index (χ3v) is 5.75. The lowest BCUT2D eigenvalue weighted by Crippen LogP contribution is -2.41. The van der Waals surface area contributed by atoms with Crippen molar-refractivity contribution in [1.82, 2.24) is 5.32 Å². The van der Waals surface area contributed by atoms with E-state index in [9.17, 15) is 13.2 Å². The highest BCUT2D eigenvalue weighted by atomic mass is 32.2. The largest absolute Gasteiger partial charge is 0.497 e. The molecule has 0 saturated carbocycles. The van der Waals surface area contributed by atoms with Crippen LogP contribution in [0, 0.1) is 0 Å². The lowest BCUT2D eigenvalue weighted by molar-refractivity contribution is -0.120. The fourth-order valence-corrected chi connectivity index (χ4v) is 3.96. The first-order valence-electron chi connectivity index (χ1n) is 9.11. The number of ether oxygens (including phenoxy) is 4. The van der Waals surface area contributed by atoms with Gasteiger partial charge in [-0.3, -0.25) is 9.10 Å². The number of benzene rings is 2. The minimum atomic E-state index is -3.72. The van der Waals surface area contributed by atoms with Gasteiger partial charge in [-0.1, -0.05) is 0 Å². The molecule has 1 heterocycles. The first-order chi connectivity index (χ1) is 14.2. The number of carbonyl (C=O) groups is 1. The summed E-state index contributed by atoms with van der Waals surface area (Å²) >= 11 is 0. The lowest BCUT2D eigenvalue weighted by Gasteiger charge is -2.24. The molecule has 2 aromatic carbocycles. The molecular weight excluding hydrogens is 412 g/mol. The number of methoxy groups -OCH3 is 2. The van der Waals surface area contributed by atoms with Crippen LogP contribution in [0.25, 0.3) is 0 Å². The van der Waals surface area contributed by atoms with E-state index in [1.165, 1.54) is 13.2 Å². The average Bonchev–Trinajstić information content (AvgIpc) is 3.18. The number of nitrogens with zero attached hydrogens (tertiary/aromatic N) is 1. The number of hydrogen-bond acceptors (Lipinski definition) is 7. The Morgan fingerprint density at radius 2 is 1.87 bits per heavy atom. The molecule has 1 N–H and O–H groups in total. The summed E-state index contributed by atoms with van der Waals surface area (Å²) in [6.07, 6.45) is 1.04. The van der Waals surface area contributed by atoms with E-state index < -0.39 is 28.5 Å². The molecule has 10 heteroatoms. The highest BCUT2D eigenvalue weighted by Crippen LogP contribution is 2.36. The number of hydrogen-bond donors (Lipinski definition) is 1. The van der Waals surface area contributed by atoms with Gasteiger partial charge in [0, 0.05) is 11.6 Å². The van der Waals surface area contributed by atoms with Gasteiger partial charge in [-0.05, 0) is 37.3 Å². The predicted octanol–water partition coefficient (Wildman–Crippen LogP) is 2.08. The predicted molar refractivity (Wildman–Crippen MR) is 111 cm³/mol. The number of rotatable bonds is 8. The van der Waals surface area contributed by atoms with Crippen molar-refractivity contribution in [3.05, 3.63) is 42.0 Å². The molecule has 0 aromatic heterocycles. The smallest absolute Gasteiger partial charge is 0.241 e.